The smallest absolute Gasteiger partial charge is 0.253 e. The molecule has 0 bridgehead atoms. The van der Waals surface area contributed by atoms with Crippen molar-refractivity contribution in [1.29, 1.82) is 0 Å². The monoisotopic (exact) mass is 380 g/mol. The van der Waals surface area contributed by atoms with E-state index in [4.69, 9.17) is 4.74 Å². The molecule has 0 radical (unpaired) electrons. The largest absolute Gasteiger partial charge is 0.493 e. The van der Waals surface area contributed by atoms with Crippen molar-refractivity contribution in [3.8, 4) is 5.75 Å². The first-order valence-corrected chi connectivity index (χ1v) is 9.77. The van der Waals surface area contributed by atoms with Crippen LogP contribution in [0, 0.1) is 20.8 Å². The van der Waals surface area contributed by atoms with Crippen LogP contribution in [0.5, 0.6) is 5.75 Å². The minimum absolute atomic E-state index is 0.0326. The summed E-state index contributed by atoms with van der Waals surface area (Å²) >= 11 is 0. The van der Waals surface area contributed by atoms with Gasteiger partial charge in [-0.25, -0.2) is 0 Å². The van der Waals surface area contributed by atoms with E-state index < -0.39 is 0 Å². The second kappa shape index (κ2) is 8.91. The molecule has 0 saturated carbocycles. The van der Waals surface area contributed by atoms with E-state index >= 15 is 0 Å². The summed E-state index contributed by atoms with van der Waals surface area (Å²) in [5.74, 6) is 0.913. The Morgan fingerprint density at radius 3 is 2.00 bits per heavy atom. The van der Waals surface area contributed by atoms with E-state index in [1.165, 1.54) is 0 Å². The maximum absolute atomic E-state index is 12.6. The predicted molar refractivity (Wildman–Crippen MR) is 110 cm³/mol. The first-order valence-electron chi connectivity index (χ1n) is 9.77. The Kier molecular flexibility index (Phi) is 6.34. The summed E-state index contributed by atoms with van der Waals surface area (Å²) < 4.78 is 5.74. The third kappa shape index (κ3) is 5.12. The molecule has 1 heterocycles. The van der Waals surface area contributed by atoms with Crippen LogP contribution < -0.4 is 4.74 Å². The van der Waals surface area contributed by atoms with Crippen LogP contribution in [0.25, 0.3) is 0 Å². The van der Waals surface area contributed by atoms with E-state index in [9.17, 15) is 9.59 Å². The van der Waals surface area contributed by atoms with Gasteiger partial charge in [0.25, 0.3) is 5.91 Å². The van der Waals surface area contributed by atoms with Crippen LogP contribution in [0.15, 0.2) is 42.5 Å². The SMILES string of the molecule is Cc1ccc(C(=O)N2CCN(C(=O)CCOc3cc(C)cc(C)c3)CC2)cc1. The van der Waals surface area contributed by atoms with Gasteiger partial charge in [-0.2, -0.15) is 0 Å². The van der Waals surface area contributed by atoms with Crippen molar-refractivity contribution in [2.75, 3.05) is 32.8 Å². The number of hydrogen-bond acceptors (Lipinski definition) is 3. The van der Waals surface area contributed by atoms with Crippen molar-refractivity contribution >= 4 is 11.8 Å². The second-order valence-electron chi connectivity index (χ2n) is 7.46. The number of amides is 2. The van der Waals surface area contributed by atoms with Gasteiger partial charge in [-0.3, -0.25) is 9.59 Å². The Labute approximate surface area is 166 Å². The van der Waals surface area contributed by atoms with Gasteiger partial charge in [0.05, 0.1) is 13.0 Å². The highest BCUT2D eigenvalue weighted by atomic mass is 16.5. The number of carbonyl (C=O) groups is 2. The van der Waals surface area contributed by atoms with Crippen molar-refractivity contribution in [2.45, 2.75) is 27.2 Å². The van der Waals surface area contributed by atoms with Gasteiger partial charge < -0.3 is 14.5 Å². The third-order valence-electron chi connectivity index (χ3n) is 5.00. The van der Waals surface area contributed by atoms with Crippen LogP contribution in [-0.2, 0) is 4.79 Å². The lowest BCUT2D eigenvalue weighted by atomic mass is 10.1. The molecule has 0 spiro atoms. The summed E-state index contributed by atoms with van der Waals surface area (Å²) in [6, 6.07) is 13.7. The zero-order chi connectivity index (χ0) is 20.1. The first kappa shape index (κ1) is 19.9. The molecule has 2 amide bonds. The van der Waals surface area contributed by atoms with Gasteiger partial charge in [-0.05, 0) is 56.2 Å². The molecule has 0 unspecified atom stereocenters. The number of aryl methyl sites for hydroxylation is 3. The molecule has 0 atom stereocenters. The highest BCUT2D eigenvalue weighted by molar-refractivity contribution is 5.94. The van der Waals surface area contributed by atoms with Gasteiger partial charge in [0.2, 0.25) is 5.91 Å². The predicted octanol–water partition coefficient (Wildman–Crippen LogP) is 3.37. The van der Waals surface area contributed by atoms with E-state index in [-0.39, 0.29) is 11.8 Å². The second-order valence-corrected chi connectivity index (χ2v) is 7.46. The van der Waals surface area contributed by atoms with Crippen LogP contribution in [0.2, 0.25) is 0 Å². The fourth-order valence-corrected chi connectivity index (χ4v) is 3.47. The fourth-order valence-electron chi connectivity index (χ4n) is 3.47. The number of ether oxygens (including phenoxy) is 1. The lowest BCUT2D eigenvalue weighted by Gasteiger charge is -2.35. The molecular weight excluding hydrogens is 352 g/mol. The molecule has 5 nitrogen and oxygen atoms in total. The Bertz CT molecular complexity index is 817. The van der Waals surface area contributed by atoms with Crippen LogP contribution >= 0.6 is 0 Å². The summed E-state index contributed by atoms with van der Waals surface area (Å²) in [7, 11) is 0. The summed E-state index contributed by atoms with van der Waals surface area (Å²) in [6.45, 7) is 8.70. The number of benzene rings is 2. The lowest BCUT2D eigenvalue weighted by Crippen LogP contribution is -2.50. The normalized spacial score (nSPS) is 14.1. The molecular formula is C23H28N2O3. The van der Waals surface area contributed by atoms with Gasteiger partial charge in [0, 0.05) is 31.7 Å². The van der Waals surface area contributed by atoms with Crippen LogP contribution in [0.4, 0.5) is 0 Å². The van der Waals surface area contributed by atoms with Crippen molar-refractivity contribution in [1.82, 2.24) is 9.80 Å². The Hall–Kier alpha value is -2.82. The summed E-state index contributed by atoms with van der Waals surface area (Å²) in [6.07, 6.45) is 0.346. The summed E-state index contributed by atoms with van der Waals surface area (Å²) in [5, 5.41) is 0. The van der Waals surface area contributed by atoms with Crippen molar-refractivity contribution < 1.29 is 14.3 Å². The van der Waals surface area contributed by atoms with E-state index in [0.29, 0.717) is 44.8 Å². The third-order valence-corrected chi connectivity index (χ3v) is 5.00. The van der Waals surface area contributed by atoms with E-state index in [0.717, 1.165) is 22.4 Å². The van der Waals surface area contributed by atoms with E-state index in [2.05, 4.69) is 6.07 Å². The molecule has 2 aromatic rings. The molecule has 5 heteroatoms. The highest BCUT2D eigenvalue weighted by Crippen LogP contribution is 2.17. The molecule has 1 saturated heterocycles. The molecule has 1 fully saturated rings. The van der Waals surface area contributed by atoms with Gasteiger partial charge in [-0.1, -0.05) is 23.8 Å². The number of carbonyl (C=O) groups excluding carboxylic acids is 2. The van der Waals surface area contributed by atoms with Crippen LogP contribution in [0.1, 0.15) is 33.5 Å². The molecule has 3 rings (SSSR count). The standard InChI is InChI=1S/C23H28N2O3/c1-17-4-6-20(7-5-17)23(27)25-11-9-24(10-12-25)22(26)8-13-28-21-15-18(2)14-19(3)16-21/h4-7,14-16H,8-13H2,1-3H3. The van der Waals surface area contributed by atoms with E-state index in [1.54, 1.807) is 0 Å². The van der Waals surface area contributed by atoms with Crippen molar-refractivity contribution in [3.63, 3.8) is 0 Å². The average Bonchev–Trinajstić information content (AvgIpc) is 2.67. The first-order chi connectivity index (χ1) is 13.4. The molecule has 0 aliphatic carbocycles. The van der Waals surface area contributed by atoms with Gasteiger partial charge in [0.1, 0.15) is 5.75 Å². The molecule has 2 aromatic carbocycles. The average molecular weight is 380 g/mol. The van der Waals surface area contributed by atoms with Gasteiger partial charge in [-0.15, -0.1) is 0 Å². The zero-order valence-corrected chi connectivity index (χ0v) is 16.9. The molecule has 28 heavy (non-hydrogen) atoms. The Morgan fingerprint density at radius 2 is 1.39 bits per heavy atom. The number of nitrogens with zero attached hydrogens (tertiary/aromatic N) is 2. The quantitative estimate of drug-likeness (QED) is 0.799. The Balaban J connectivity index is 1.44. The van der Waals surface area contributed by atoms with Crippen LogP contribution in [0.3, 0.4) is 0 Å². The topological polar surface area (TPSA) is 49.9 Å². The summed E-state index contributed by atoms with van der Waals surface area (Å²) in [5.41, 5.74) is 4.13. The zero-order valence-electron chi connectivity index (χ0n) is 16.9. The van der Waals surface area contributed by atoms with Crippen molar-refractivity contribution in [2.24, 2.45) is 0 Å². The number of hydrogen-bond donors (Lipinski definition) is 0. The van der Waals surface area contributed by atoms with Gasteiger partial charge >= 0.3 is 0 Å². The minimum Gasteiger partial charge on any atom is -0.493 e. The molecule has 1 aliphatic rings. The number of piperazine rings is 1. The molecule has 1 aliphatic heterocycles. The minimum atomic E-state index is 0.0326. The van der Waals surface area contributed by atoms with Gasteiger partial charge in [0.15, 0.2) is 0 Å². The Morgan fingerprint density at radius 1 is 0.821 bits per heavy atom. The van der Waals surface area contributed by atoms with E-state index in [1.807, 2.05) is 67.0 Å². The van der Waals surface area contributed by atoms with Crippen LogP contribution in [-0.4, -0.2) is 54.4 Å². The highest BCUT2D eigenvalue weighted by Gasteiger charge is 2.24. The molecule has 0 aromatic heterocycles. The maximum atomic E-state index is 12.6. The lowest BCUT2D eigenvalue weighted by molar-refractivity contribution is -0.133. The van der Waals surface area contributed by atoms with Crippen molar-refractivity contribution in [3.05, 3.63) is 64.7 Å². The molecule has 148 valence electrons. The maximum Gasteiger partial charge on any atom is 0.253 e. The molecule has 0 N–H and O–H groups in total. The number of rotatable bonds is 5. The summed E-state index contributed by atoms with van der Waals surface area (Å²) in [4.78, 5) is 28.7. The fraction of sp³-hybridized carbons (Fsp3) is 0.391.